The maximum atomic E-state index is 12.8. The van der Waals surface area contributed by atoms with Gasteiger partial charge < -0.3 is 10.1 Å². The Hall–Kier alpha value is -2.59. The third-order valence-electron chi connectivity index (χ3n) is 4.45. The summed E-state index contributed by atoms with van der Waals surface area (Å²) in [4.78, 5) is 14.9. The summed E-state index contributed by atoms with van der Waals surface area (Å²) in [6, 6.07) is 18.0. The second kappa shape index (κ2) is 8.68. The minimum atomic E-state index is -0.298. The zero-order chi connectivity index (χ0) is 18.4. The summed E-state index contributed by atoms with van der Waals surface area (Å²) < 4.78 is 5.53. The Morgan fingerprint density at radius 1 is 1.23 bits per heavy atom. The van der Waals surface area contributed by atoms with Gasteiger partial charge in [0.2, 0.25) is 5.91 Å². The summed E-state index contributed by atoms with van der Waals surface area (Å²) >= 11 is 0. The Morgan fingerprint density at radius 2 is 1.92 bits per heavy atom. The third kappa shape index (κ3) is 4.96. The molecule has 1 saturated carbocycles. The van der Waals surface area contributed by atoms with Crippen molar-refractivity contribution >= 4 is 5.91 Å². The summed E-state index contributed by atoms with van der Waals surface area (Å²) in [5, 5.41) is 3.14. The molecule has 0 heterocycles. The van der Waals surface area contributed by atoms with Crippen molar-refractivity contribution in [3.8, 4) is 5.75 Å². The van der Waals surface area contributed by atoms with Crippen LogP contribution in [0.15, 0.2) is 67.3 Å². The van der Waals surface area contributed by atoms with Crippen molar-refractivity contribution in [1.29, 1.82) is 0 Å². The molecule has 1 N–H and O–H groups in total. The molecule has 1 aliphatic rings. The van der Waals surface area contributed by atoms with E-state index in [1.807, 2.05) is 61.6 Å². The van der Waals surface area contributed by atoms with Crippen LogP contribution in [0.5, 0.6) is 5.75 Å². The van der Waals surface area contributed by atoms with Crippen LogP contribution in [0.4, 0.5) is 0 Å². The zero-order valence-corrected chi connectivity index (χ0v) is 15.2. The van der Waals surface area contributed by atoms with Gasteiger partial charge in [0, 0.05) is 12.6 Å². The van der Waals surface area contributed by atoms with Crippen LogP contribution in [-0.2, 0) is 11.3 Å². The van der Waals surface area contributed by atoms with Crippen molar-refractivity contribution in [3.05, 3.63) is 78.4 Å². The quantitative estimate of drug-likeness (QED) is 0.701. The molecule has 0 aromatic heterocycles. The molecule has 1 aliphatic carbocycles. The average molecular weight is 350 g/mol. The number of carbonyl (C=O) groups is 1. The maximum absolute atomic E-state index is 12.8. The minimum absolute atomic E-state index is 0.0761. The van der Waals surface area contributed by atoms with E-state index in [0.29, 0.717) is 19.2 Å². The van der Waals surface area contributed by atoms with Crippen molar-refractivity contribution in [2.24, 2.45) is 0 Å². The van der Waals surface area contributed by atoms with E-state index in [-0.39, 0.29) is 11.9 Å². The number of rotatable bonds is 9. The molecule has 4 nitrogen and oxygen atoms in total. The molecular weight excluding hydrogens is 324 g/mol. The molecule has 0 radical (unpaired) electrons. The van der Waals surface area contributed by atoms with E-state index >= 15 is 0 Å². The summed E-state index contributed by atoms with van der Waals surface area (Å²) in [6.07, 6.45) is 3.90. The lowest BCUT2D eigenvalue weighted by Crippen LogP contribution is -2.39. The molecule has 0 unspecified atom stereocenters. The molecule has 1 fully saturated rings. The van der Waals surface area contributed by atoms with Gasteiger partial charge in [-0.25, -0.2) is 0 Å². The van der Waals surface area contributed by atoms with E-state index in [2.05, 4.69) is 16.8 Å². The molecule has 0 saturated heterocycles. The van der Waals surface area contributed by atoms with Crippen molar-refractivity contribution in [2.75, 3.05) is 13.7 Å². The van der Waals surface area contributed by atoms with E-state index in [1.54, 1.807) is 6.08 Å². The molecule has 1 amide bonds. The van der Waals surface area contributed by atoms with E-state index in [0.717, 1.165) is 29.7 Å². The normalized spacial score (nSPS) is 14.7. The van der Waals surface area contributed by atoms with Crippen LogP contribution in [0.25, 0.3) is 0 Å². The van der Waals surface area contributed by atoms with E-state index in [4.69, 9.17) is 4.74 Å². The lowest BCUT2D eigenvalue weighted by atomic mass is 10.0. The SMILES string of the molecule is C=CCOc1ccc(CN(C)[C@@H](C(=O)NC2CC2)c2ccccc2)cc1. The first-order valence-electron chi connectivity index (χ1n) is 9.05. The molecule has 2 aromatic rings. The Morgan fingerprint density at radius 3 is 2.54 bits per heavy atom. The first-order valence-corrected chi connectivity index (χ1v) is 9.05. The van der Waals surface area contributed by atoms with E-state index in [1.165, 1.54) is 0 Å². The molecule has 26 heavy (non-hydrogen) atoms. The fraction of sp³-hybridized carbons (Fsp3) is 0.318. The lowest BCUT2D eigenvalue weighted by Gasteiger charge is -2.27. The number of hydrogen-bond acceptors (Lipinski definition) is 3. The van der Waals surface area contributed by atoms with Crippen molar-refractivity contribution in [3.63, 3.8) is 0 Å². The minimum Gasteiger partial charge on any atom is -0.490 e. The average Bonchev–Trinajstić information content (AvgIpc) is 3.46. The zero-order valence-electron chi connectivity index (χ0n) is 15.2. The first kappa shape index (κ1) is 18.2. The van der Waals surface area contributed by atoms with Gasteiger partial charge in [-0.15, -0.1) is 0 Å². The lowest BCUT2D eigenvalue weighted by molar-refractivity contribution is -0.126. The molecule has 136 valence electrons. The smallest absolute Gasteiger partial charge is 0.242 e. The van der Waals surface area contributed by atoms with Crippen LogP contribution in [0, 0.1) is 0 Å². The number of amides is 1. The summed E-state index contributed by atoms with van der Waals surface area (Å²) in [5.41, 5.74) is 2.15. The van der Waals surface area contributed by atoms with Crippen LogP contribution >= 0.6 is 0 Å². The highest BCUT2D eigenvalue weighted by molar-refractivity contribution is 5.83. The topological polar surface area (TPSA) is 41.6 Å². The van der Waals surface area contributed by atoms with Gasteiger partial charge in [0.15, 0.2) is 0 Å². The number of ether oxygens (including phenoxy) is 1. The molecule has 0 aliphatic heterocycles. The van der Waals surface area contributed by atoms with Crippen LogP contribution < -0.4 is 10.1 Å². The van der Waals surface area contributed by atoms with Gasteiger partial charge in [-0.05, 0) is 43.1 Å². The van der Waals surface area contributed by atoms with Crippen molar-refractivity contribution < 1.29 is 9.53 Å². The Kier molecular flexibility index (Phi) is 6.08. The summed E-state index contributed by atoms with van der Waals surface area (Å²) in [6.45, 7) is 4.83. The molecule has 3 rings (SSSR count). The van der Waals surface area contributed by atoms with Crippen LogP contribution in [0.1, 0.15) is 30.0 Å². The number of hydrogen-bond donors (Lipinski definition) is 1. The predicted molar refractivity (Wildman–Crippen MR) is 104 cm³/mol. The summed E-state index contributed by atoms with van der Waals surface area (Å²) in [5.74, 6) is 0.898. The van der Waals surface area contributed by atoms with Gasteiger partial charge in [-0.2, -0.15) is 0 Å². The van der Waals surface area contributed by atoms with Crippen LogP contribution in [-0.4, -0.2) is 30.5 Å². The van der Waals surface area contributed by atoms with Crippen molar-refractivity contribution in [2.45, 2.75) is 31.5 Å². The fourth-order valence-electron chi connectivity index (χ4n) is 2.97. The molecule has 0 bridgehead atoms. The molecule has 4 heteroatoms. The second-order valence-corrected chi connectivity index (χ2v) is 6.75. The Labute approximate surface area is 155 Å². The highest BCUT2D eigenvalue weighted by Gasteiger charge is 2.30. The number of nitrogens with zero attached hydrogens (tertiary/aromatic N) is 1. The number of likely N-dealkylation sites (N-methyl/N-ethyl adjacent to an activating group) is 1. The van der Waals surface area contributed by atoms with E-state index in [9.17, 15) is 4.79 Å². The maximum Gasteiger partial charge on any atom is 0.242 e. The molecule has 1 atom stereocenters. The van der Waals surface area contributed by atoms with Gasteiger partial charge >= 0.3 is 0 Å². The highest BCUT2D eigenvalue weighted by Crippen LogP contribution is 2.25. The Bertz CT molecular complexity index is 724. The number of carbonyl (C=O) groups excluding carboxylic acids is 1. The van der Waals surface area contributed by atoms with Crippen molar-refractivity contribution in [1.82, 2.24) is 10.2 Å². The molecule has 2 aromatic carbocycles. The highest BCUT2D eigenvalue weighted by atomic mass is 16.5. The standard InChI is InChI=1S/C22H26N2O2/c1-3-15-26-20-13-9-17(10-14-20)16-24(2)21(18-7-5-4-6-8-18)22(25)23-19-11-12-19/h3-10,13-14,19,21H,1,11-12,15-16H2,2H3,(H,23,25)/t21-/m1/s1. The first-order chi connectivity index (χ1) is 12.7. The van der Waals surface area contributed by atoms with Crippen LogP contribution in [0.2, 0.25) is 0 Å². The van der Waals surface area contributed by atoms with E-state index < -0.39 is 0 Å². The molecule has 0 spiro atoms. The monoisotopic (exact) mass is 350 g/mol. The summed E-state index contributed by atoms with van der Waals surface area (Å²) in [7, 11) is 1.99. The Balaban J connectivity index is 1.71. The van der Waals surface area contributed by atoms with Crippen LogP contribution in [0.3, 0.4) is 0 Å². The largest absolute Gasteiger partial charge is 0.490 e. The third-order valence-corrected chi connectivity index (χ3v) is 4.45. The second-order valence-electron chi connectivity index (χ2n) is 6.75. The predicted octanol–water partition coefficient (Wildman–Crippen LogP) is 3.70. The number of benzene rings is 2. The van der Waals surface area contributed by atoms with Gasteiger partial charge in [-0.3, -0.25) is 9.69 Å². The van der Waals surface area contributed by atoms with Gasteiger partial charge in [0.25, 0.3) is 0 Å². The van der Waals surface area contributed by atoms with Gasteiger partial charge in [0.1, 0.15) is 18.4 Å². The fourth-order valence-corrected chi connectivity index (χ4v) is 2.97. The van der Waals surface area contributed by atoms with Gasteiger partial charge in [-0.1, -0.05) is 55.1 Å². The number of nitrogens with one attached hydrogen (secondary N) is 1. The van der Waals surface area contributed by atoms with Gasteiger partial charge in [0.05, 0.1) is 0 Å². The molecular formula is C22H26N2O2.